The van der Waals surface area contributed by atoms with Gasteiger partial charge in [0.15, 0.2) is 0 Å². The average molecular weight is 261 g/mol. The van der Waals surface area contributed by atoms with E-state index in [0.717, 1.165) is 5.56 Å². The van der Waals surface area contributed by atoms with Crippen LogP contribution >= 0.6 is 0 Å². The second-order valence-electron chi connectivity index (χ2n) is 4.65. The number of hydrogen-bond acceptors (Lipinski definition) is 4. The first-order chi connectivity index (χ1) is 8.88. The van der Waals surface area contributed by atoms with E-state index in [0.29, 0.717) is 11.3 Å². The summed E-state index contributed by atoms with van der Waals surface area (Å²) < 4.78 is 0. The molecule has 19 heavy (non-hydrogen) atoms. The van der Waals surface area contributed by atoms with Crippen molar-refractivity contribution in [1.82, 2.24) is 10.2 Å². The molecule has 1 aromatic carbocycles. The predicted molar refractivity (Wildman–Crippen MR) is 69.2 cm³/mol. The number of nitrogens with zero attached hydrogens (tertiary/aromatic N) is 1. The number of nitrogens with one attached hydrogen (secondary N) is 1. The van der Waals surface area contributed by atoms with E-state index >= 15 is 0 Å². The molecule has 0 aromatic heterocycles. The van der Waals surface area contributed by atoms with Crippen molar-refractivity contribution in [3.8, 4) is 0 Å². The van der Waals surface area contributed by atoms with Crippen molar-refractivity contribution in [2.24, 2.45) is 0 Å². The highest BCUT2D eigenvalue weighted by atomic mass is 16.2. The summed E-state index contributed by atoms with van der Waals surface area (Å²) in [6, 6.07) is 4.29. The van der Waals surface area contributed by atoms with Crippen molar-refractivity contribution in [1.29, 1.82) is 0 Å². The highest BCUT2D eigenvalue weighted by Crippen LogP contribution is 2.16. The summed E-state index contributed by atoms with van der Waals surface area (Å²) >= 11 is 0. The highest BCUT2D eigenvalue weighted by Gasteiger charge is 2.34. The maximum atomic E-state index is 12.3. The van der Waals surface area contributed by atoms with Crippen LogP contribution in [0.5, 0.6) is 0 Å². The Balaban J connectivity index is 2.32. The number of rotatable bonds is 1. The fraction of sp³-hybridized carbons (Fsp3) is 0.308. The van der Waals surface area contributed by atoms with Crippen LogP contribution in [0.3, 0.4) is 0 Å². The van der Waals surface area contributed by atoms with Gasteiger partial charge in [-0.05, 0) is 37.6 Å². The second kappa shape index (κ2) is 4.72. The standard InChI is InChI=1S/C13H15N3O3/c1-7-3-9(5-10(14)4-7)13(19)16-6-11(17)15-12(18)8(16)2/h3-5,8H,6,14H2,1-2H3,(H,15,17,18). The van der Waals surface area contributed by atoms with E-state index in [9.17, 15) is 14.4 Å². The van der Waals surface area contributed by atoms with E-state index in [1.165, 1.54) is 4.90 Å². The lowest BCUT2D eigenvalue weighted by molar-refractivity contribution is -0.138. The summed E-state index contributed by atoms with van der Waals surface area (Å²) in [6.45, 7) is 3.28. The lowest BCUT2D eigenvalue weighted by Gasteiger charge is -2.31. The molecule has 0 aliphatic carbocycles. The molecule has 1 saturated heterocycles. The number of aryl methyl sites for hydroxylation is 1. The van der Waals surface area contributed by atoms with Crippen LogP contribution in [0, 0.1) is 6.92 Å². The fourth-order valence-electron chi connectivity index (χ4n) is 2.06. The van der Waals surface area contributed by atoms with Gasteiger partial charge in [0.2, 0.25) is 11.8 Å². The molecule has 1 fully saturated rings. The quantitative estimate of drug-likeness (QED) is 0.552. The predicted octanol–water partition coefficient (Wildman–Crippen LogP) is 0.0643. The smallest absolute Gasteiger partial charge is 0.255 e. The number of nitrogens with two attached hydrogens (primary N) is 1. The monoisotopic (exact) mass is 261 g/mol. The Labute approximate surface area is 110 Å². The number of imide groups is 1. The van der Waals surface area contributed by atoms with E-state index in [-0.39, 0.29) is 12.5 Å². The molecule has 1 unspecified atom stereocenters. The zero-order valence-corrected chi connectivity index (χ0v) is 10.8. The SMILES string of the molecule is Cc1cc(N)cc(C(=O)N2CC(=O)NC(=O)C2C)c1. The van der Waals surface area contributed by atoms with Crippen LogP contribution in [0.2, 0.25) is 0 Å². The van der Waals surface area contributed by atoms with Crippen molar-refractivity contribution in [2.75, 3.05) is 12.3 Å². The minimum Gasteiger partial charge on any atom is -0.399 e. The van der Waals surface area contributed by atoms with Crippen LogP contribution < -0.4 is 11.1 Å². The van der Waals surface area contributed by atoms with Crippen molar-refractivity contribution >= 4 is 23.4 Å². The minimum absolute atomic E-state index is 0.125. The van der Waals surface area contributed by atoms with Crippen molar-refractivity contribution in [3.63, 3.8) is 0 Å². The third-order valence-electron chi connectivity index (χ3n) is 3.03. The Kier molecular flexibility index (Phi) is 3.25. The number of anilines is 1. The molecule has 3 N–H and O–H groups in total. The lowest BCUT2D eigenvalue weighted by Crippen LogP contribution is -2.58. The molecule has 1 aliphatic rings. The van der Waals surface area contributed by atoms with E-state index in [4.69, 9.17) is 5.73 Å². The van der Waals surface area contributed by atoms with Crippen molar-refractivity contribution in [3.05, 3.63) is 29.3 Å². The number of piperazine rings is 1. The Morgan fingerprint density at radius 2 is 2.05 bits per heavy atom. The summed E-state index contributed by atoms with van der Waals surface area (Å²) in [6.07, 6.45) is 0. The van der Waals surface area contributed by atoms with Gasteiger partial charge in [-0.3, -0.25) is 19.7 Å². The number of amides is 3. The lowest BCUT2D eigenvalue weighted by atomic mass is 10.1. The van der Waals surface area contributed by atoms with Crippen LogP contribution in [0.25, 0.3) is 0 Å². The zero-order chi connectivity index (χ0) is 14.2. The zero-order valence-electron chi connectivity index (χ0n) is 10.8. The van der Waals surface area contributed by atoms with Gasteiger partial charge < -0.3 is 10.6 Å². The molecule has 0 spiro atoms. The third-order valence-corrected chi connectivity index (χ3v) is 3.03. The maximum Gasteiger partial charge on any atom is 0.255 e. The normalized spacial score (nSPS) is 19.3. The van der Waals surface area contributed by atoms with Crippen LogP contribution in [0.4, 0.5) is 5.69 Å². The number of benzene rings is 1. The molecule has 0 radical (unpaired) electrons. The van der Waals surface area contributed by atoms with E-state index in [2.05, 4.69) is 5.32 Å². The molecule has 1 atom stereocenters. The number of carbonyl (C=O) groups is 3. The average Bonchev–Trinajstić information content (AvgIpc) is 2.31. The Bertz CT molecular complexity index is 548. The molecule has 1 aliphatic heterocycles. The molecule has 6 nitrogen and oxygen atoms in total. The molecule has 0 saturated carbocycles. The third kappa shape index (κ3) is 2.57. The summed E-state index contributed by atoms with van der Waals surface area (Å²) in [5, 5.41) is 2.19. The first-order valence-corrected chi connectivity index (χ1v) is 5.90. The van der Waals surface area contributed by atoms with Gasteiger partial charge in [0, 0.05) is 11.3 Å². The molecule has 1 heterocycles. The topological polar surface area (TPSA) is 92.5 Å². The van der Waals surface area contributed by atoms with Gasteiger partial charge in [-0.25, -0.2) is 0 Å². The van der Waals surface area contributed by atoms with Gasteiger partial charge in [-0.2, -0.15) is 0 Å². The van der Waals surface area contributed by atoms with Gasteiger partial charge in [0.1, 0.15) is 12.6 Å². The van der Waals surface area contributed by atoms with E-state index in [1.807, 2.05) is 6.92 Å². The first kappa shape index (κ1) is 13.1. The first-order valence-electron chi connectivity index (χ1n) is 5.90. The molecule has 0 bridgehead atoms. The Morgan fingerprint density at radius 1 is 1.37 bits per heavy atom. The summed E-state index contributed by atoms with van der Waals surface area (Å²) in [4.78, 5) is 36.5. The van der Waals surface area contributed by atoms with Gasteiger partial charge in [-0.1, -0.05) is 0 Å². The van der Waals surface area contributed by atoms with Crippen molar-refractivity contribution in [2.45, 2.75) is 19.9 Å². The summed E-state index contributed by atoms with van der Waals surface area (Å²) in [5.41, 5.74) is 7.41. The van der Waals surface area contributed by atoms with Gasteiger partial charge in [0.05, 0.1) is 0 Å². The minimum atomic E-state index is -0.674. The van der Waals surface area contributed by atoms with Crippen LogP contribution in [-0.4, -0.2) is 35.2 Å². The molecule has 1 aromatic rings. The number of nitrogen functional groups attached to an aromatic ring is 1. The van der Waals surface area contributed by atoms with Gasteiger partial charge in [0.25, 0.3) is 5.91 Å². The summed E-state index contributed by atoms with van der Waals surface area (Å²) in [5.74, 6) is -1.31. The molecule has 3 amide bonds. The molecule has 2 rings (SSSR count). The van der Waals surface area contributed by atoms with E-state index < -0.39 is 17.9 Å². The van der Waals surface area contributed by atoms with Crippen LogP contribution in [0.15, 0.2) is 18.2 Å². The van der Waals surface area contributed by atoms with Crippen LogP contribution in [-0.2, 0) is 9.59 Å². The largest absolute Gasteiger partial charge is 0.399 e. The van der Waals surface area contributed by atoms with Gasteiger partial charge in [-0.15, -0.1) is 0 Å². The number of carbonyl (C=O) groups excluding carboxylic acids is 3. The van der Waals surface area contributed by atoms with E-state index in [1.54, 1.807) is 25.1 Å². The maximum absolute atomic E-state index is 12.3. The molecular weight excluding hydrogens is 246 g/mol. The second-order valence-corrected chi connectivity index (χ2v) is 4.65. The fourth-order valence-corrected chi connectivity index (χ4v) is 2.06. The Hall–Kier alpha value is -2.37. The van der Waals surface area contributed by atoms with Crippen molar-refractivity contribution < 1.29 is 14.4 Å². The molecular formula is C13H15N3O3. The Morgan fingerprint density at radius 3 is 2.68 bits per heavy atom. The van der Waals surface area contributed by atoms with Crippen LogP contribution in [0.1, 0.15) is 22.8 Å². The summed E-state index contributed by atoms with van der Waals surface area (Å²) in [7, 11) is 0. The molecule has 6 heteroatoms. The highest BCUT2D eigenvalue weighted by molar-refractivity contribution is 6.07. The number of hydrogen-bond donors (Lipinski definition) is 2. The van der Waals surface area contributed by atoms with Gasteiger partial charge >= 0.3 is 0 Å². The molecule has 100 valence electrons.